The van der Waals surface area contributed by atoms with Gasteiger partial charge in [0.2, 0.25) is 5.95 Å². The molecule has 0 radical (unpaired) electrons. The maximum absolute atomic E-state index is 4.88. The highest BCUT2D eigenvalue weighted by atomic mass is 15.3. The summed E-state index contributed by atoms with van der Waals surface area (Å²) in [4.78, 5) is 16.4. The van der Waals surface area contributed by atoms with Crippen LogP contribution in [-0.4, -0.2) is 50.9 Å². The van der Waals surface area contributed by atoms with Crippen LogP contribution in [0.25, 0.3) is 11.3 Å². The number of hydrogen-bond donors (Lipinski definition) is 2. The molecule has 1 saturated heterocycles. The molecule has 156 valence electrons. The van der Waals surface area contributed by atoms with Crippen molar-refractivity contribution in [3.63, 3.8) is 0 Å². The van der Waals surface area contributed by atoms with Crippen LogP contribution in [0.3, 0.4) is 0 Å². The lowest BCUT2D eigenvalue weighted by Gasteiger charge is -2.29. The lowest BCUT2D eigenvalue weighted by Crippen LogP contribution is -2.43. The van der Waals surface area contributed by atoms with E-state index in [1.807, 2.05) is 30.2 Å². The van der Waals surface area contributed by atoms with Crippen LogP contribution in [0.2, 0.25) is 0 Å². The molecule has 3 aromatic rings. The van der Waals surface area contributed by atoms with E-state index in [0.717, 1.165) is 61.9 Å². The summed E-state index contributed by atoms with van der Waals surface area (Å²) in [5.41, 5.74) is 6.88. The number of piperazine rings is 1. The molecule has 4 heterocycles. The van der Waals surface area contributed by atoms with E-state index in [2.05, 4.69) is 45.4 Å². The van der Waals surface area contributed by atoms with E-state index in [1.165, 1.54) is 16.8 Å². The molecule has 0 atom stereocenters. The summed E-state index contributed by atoms with van der Waals surface area (Å²) in [6.07, 6.45) is 5.73. The van der Waals surface area contributed by atoms with Gasteiger partial charge in [0.25, 0.3) is 0 Å². The van der Waals surface area contributed by atoms with Gasteiger partial charge in [-0.3, -0.25) is 4.68 Å². The van der Waals surface area contributed by atoms with Crippen molar-refractivity contribution in [2.24, 2.45) is 7.05 Å². The van der Waals surface area contributed by atoms with Crippen LogP contribution in [0.1, 0.15) is 36.7 Å². The minimum Gasteiger partial charge on any atom is -0.368 e. The zero-order chi connectivity index (χ0) is 20.7. The first kappa shape index (κ1) is 19.0. The highest BCUT2D eigenvalue weighted by molar-refractivity contribution is 5.72. The Hall–Kier alpha value is -3.00. The predicted molar refractivity (Wildman–Crippen MR) is 118 cm³/mol. The normalized spacial score (nSPS) is 15.8. The largest absolute Gasteiger partial charge is 0.368 e. The predicted octanol–water partition coefficient (Wildman–Crippen LogP) is 2.65. The number of hydrogen-bond acceptors (Lipinski definition) is 7. The van der Waals surface area contributed by atoms with Crippen LogP contribution >= 0.6 is 0 Å². The maximum atomic E-state index is 4.88. The average molecular weight is 405 g/mol. The van der Waals surface area contributed by atoms with Gasteiger partial charge in [-0.05, 0) is 36.5 Å². The van der Waals surface area contributed by atoms with Gasteiger partial charge in [0.15, 0.2) is 0 Å². The van der Waals surface area contributed by atoms with Crippen molar-refractivity contribution in [3.05, 3.63) is 41.5 Å². The third kappa shape index (κ3) is 3.41. The molecule has 5 rings (SSSR count). The van der Waals surface area contributed by atoms with E-state index in [1.54, 1.807) is 0 Å². The fourth-order valence-corrected chi connectivity index (χ4v) is 4.49. The van der Waals surface area contributed by atoms with Crippen LogP contribution in [0.5, 0.6) is 0 Å². The maximum Gasteiger partial charge on any atom is 0.228 e. The van der Waals surface area contributed by atoms with Crippen molar-refractivity contribution in [2.75, 3.05) is 36.4 Å². The Bertz CT molecular complexity index is 1050. The summed E-state index contributed by atoms with van der Waals surface area (Å²) < 4.78 is 2.01. The van der Waals surface area contributed by atoms with Crippen LogP contribution in [-0.2, 0) is 19.9 Å². The SMILES string of the molecule is CC(C)c1c2c(nn1C)CCc1cnc(Nc3ccc(N4CCNCC4)cn3)nc1-2. The first-order valence-corrected chi connectivity index (χ1v) is 10.7. The van der Waals surface area contributed by atoms with Gasteiger partial charge in [-0.25, -0.2) is 15.0 Å². The summed E-state index contributed by atoms with van der Waals surface area (Å²) in [5, 5.41) is 11.4. The van der Waals surface area contributed by atoms with Gasteiger partial charge in [-0.1, -0.05) is 13.8 Å². The number of nitrogens with zero attached hydrogens (tertiary/aromatic N) is 6. The first-order valence-electron chi connectivity index (χ1n) is 10.7. The summed E-state index contributed by atoms with van der Waals surface area (Å²) >= 11 is 0. The molecule has 8 heteroatoms. The molecule has 2 aliphatic rings. The third-order valence-corrected chi connectivity index (χ3v) is 5.91. The zero-order valence-electron chi connectivity index (χ0n) is 17.8. The Kier molecular flexibility index (Phi) is 4.86. The fourth-order valence-electron chi connectivity index (χ4n) is 4.49. The number of pyridine rings is 1. The molecule has 0 amide bonds. The van der Waals surface area contributed by atoms with Gasteiger partial charge >= 0.3 is 0 Å². The average Bonchev–Trinajstić information content (AvgIpc) is 3.11. The molecule has 3 aromatic heterocycles. The summed E-state index contributed by atoms with van der Waals surface area (Å²) in [6, 6.07) is 4.10. The van der Waals surface area contributed by atoms with E-state index < -0.39 is 0 Å². The first-order chi connectivity index (χ1) is 14.6. The molecule has 2 N–H and O–H groups in total. The molecule has 0 aromatic carbocycles. The van der Waals surface area contributed by atoms with E-state index in [-0.39, 0.29) is 0 Å². The Morgan fingerprint density at radius 3 is 2.63 bits per heavy atom. The molecule has 8 nitrogen and oxygen atoms in total. The van der Waals surface area contributed by atoms with Gasteiger partial charge in [-0.15, -0.1) is 0 Å². The molecule has 1 aliphatic heterocycles. The van der Waals surface area contributed by atoms with Gasteiger partial charge in [0, 0.05) is 45.0 Å². The number of rotatable bonds is 4. The minimum absolute atomic E-state index is 0.378. The highest BCUT2D eigenvalue weighted by Crippen LogP contribution is 2.37. The molecule has 0 spiro atoms. The third-order valence-electron chi connectivity index (χ3n) is 5.91. The lowest BCUT2D eigenvalue weighted by molar-refractivity contribution is 0.589. The Morgan fingerprint density at radius 2 is 1.90 bits per heavy atom. The van der Waals surface area contributed by atoms with Crippen LogP contribution in [0.15, 0.2) is 24.5 Å². The second-order valence-corrected chi connectivity index (χ2v) is 8.32. The van der Waals surface area contributed by atoms with Gasteiger partial charge < -0.3 is 15.5 Å². The van der Waals surface area contributed by atoms with Crippen molar-refractivity contribution in [2.45, 2.75) is 32.6 Å². The van der Waals surface area contributed by atoms with Crippen molar-refractivity contribution >= 4 is 17.5 Å². The number of aromatic nitrogens is 5. The van der Waals surface area contributed by atoms with Crippen molar-refractivity contribution in [1.82, 2.24) is 30.0 Å². The zero-order valence-corrected chi connectivity index (χ0v) is 17.8. The van der Waals surface area contributed by atoms with Crippen LogP contribution in [0.4, 0.5) is 17.5 Å². The van der Waals surface area contributed by atoms with Crippen LogP contribution < -0.4 is 15.5 Å². The highest BCUT2D eigenvalue weighted by Gasteiger charge is 2.27. The quantitative estimate of drug-likeness (QED) is 0.692. The molecule has 1 fully saturated rings. The molecule has 1 aliphatic carbocycles. The van der Waals surface area contributed by atoms with Gasteiger partial charge in [0.1, 0.15) is 5.82 Å². The number of aryl methyl sites for hydroxylation is 3. The van der Waals surface area contributed by atoms with Crippen molar-refractivity contribution < 1.29 is 0 Å². The fraction of sp³-hybridized carbons (Fsp3) is 0.455. The lowest BCUT2D eigenvalue weighted by atomic mass is 9.90. The van der Waals surface area contributed by atoms with Crippen LogP contribution in [0, 0.1) is 0 Å². The smallest absolute Gasteiger partial charge is 0.228 e. The molecule has 0 bridgehead atoms. The standard InChI is InChI=1S/C22H28N8/c1-14(2)21-19-17(28-29(21)3)6-4-15-12-25-22(27-20(15)19)26-18-7-5-16(13-24-18)30-10-8-23-9-11-30/h5,7,12-14,23H,4,6,8-11H2,1-3H3,(H,24,25,26,27). The van der Waals surface area contributed by atoms with E-state index >= 15 is 0 Å². The van der Waals surface area contributed by atoms with Gasteiger partial charge in [-0.2, -0.15) is 5.10 Å². The van der Waals surface area contributed by atoms with Crippen molar-refractivity contribution in [1.29, 1.82) is 0 Å². The summed E-state index contributed by atoms with van der Waals surface area (Å²) in [5.74, 6) is 1.70. The second-order valence-electron chi connectivity index (χ2n) is 8.32. The monoisotopic (exact) mass is 404 g/mol. The Labute approximate surface area is 176 Å². The number of fused-ring (bicyclic) bond motifs is 3. The van der Waals surface area contributed by atoms with Gasteiger partial charge in [0.05, 0.1) is 29.0 Å². The second kappa shape index (κ2) is 7.68. The molecule has 30 heavy (non-hydrogen) atoms. The molecular weight excluding hydrogens is 376 g/mol. The molecular formula is C22H28N8. The summed E-state index contributed by atoms with van der Waals surface area (Å²) in [6.45, 7) is 8.45. The van der Waals surface area contributed by atoms with E-state index in [9.17, 15) is 0 Å². The van der Waals surface area contributed by atoms with E-state index in [0.29, 0.717) is 11.9 Å². The van der Waals surface area contributed by atoms with E-state index in [4.69, 9.17) is 10.1 Å². The Balaban J connectivity index is 1.42. The van der Waals surface area contributed by atoms with Crippen molar-refractivity contribution in [3.8, 4) is 11.3 Å². The topological polar surface area (TPSA) is 83.8 Å². The molecule has 0 unspecified atom stereocenters. The minimum atomic E-state index is 0.378. The number of nitrogens with one attached hydrogen (secondary N) is 2. The molecule has 0 saturated carbocycles. The Morgan fingerprint density at radius 1 is 1.07 bits per heavy atom. The number of anilines is 3. The summed E-state index contributed by atoms with van der Waals surface area (Å²) in [7, 11) is 2.03.